The number of sulfonamides is 1. The topological polar surface area (TPSA) is 101 Å². The van der Waals surface area contributed by atoms with Gasteiger partial charge in [-0.2, -0.15) is 0 Å². The van der Waals surface area contributed by atoms with Gasteiger partial charge in [0.25, 0.3) is 15.9 Å². The van der Waals surface area contributed by atoms with E-state index in [1.165, 1.54) is 24.3 Å². The maximum Gasteiger partial charge on any atom is 0.264 e. The van der Waals surface area contributed by atoms with E-state index >= 15 is 0 Å². The summed E-state index contributed by atoms with van der Waals surface area (Å²) in [7, 11) is -3.86. The number of carbonyl (C=O) groups is 1. The standard InChI is InChI=1S/C19H17ClN4O3S/c1-12-10-13(2)22-19(21-12)24-28(26,27)17-8-6-16(7-9-17)23-18(25)14-4-3-5-15(20)11-14/h3-11H,1-2H3,(H,23,25)(H,21,22,24). The highest BCUT2D eigenvalue weighted by atomic mass is 35.5. The summed E-state index contributed by atoms with van der Waals surface area (Å²) in [5.41, 5.74) is 2.16. The quantitative estimate of drug-likeness (QED) is 0.658. The molecule has 3 aromatic rings. The van der Waals surface area contributed by atoms with Gasteiger partial charge in [-0.25, -0.2) is 23.1 Å². The number of hydrogen-bond donors (Lipinski definition) is 2. The summed E-state index contributed by atoms with van der Waals surface area (Å²) < 4.78 is 27.4. The van der Waals surface area contributed by atoms with Crippen molar-refractivity contribution in [1.82, 2.24) is 9.97 Å². The third-order valence-corrected chi connectivity index (χ3v) is 5.30. The molecule has 0 radical (unpaired) electrons. The van der Waals surface area contributed by atoms with Gasteiger partial charge < -0.3 is 5.32 Å². The minimum atomic E-state index is -3.86. The van der Waals surface area contributed by atoms with Crippen LogP contribution in [0.2, 0.25) is 5.02 Å². The number of rotatable bonds is 5. The van der Waals surface area contributed by atoms with Gasteiger partial charge in [-0.1, -0.05) is 17.7 Å². The van der Waals surface area contributed by atoms with Gasteiger partial charge in [-0.05, 0) is 62.4 Å². The zero-order valence-electron chi connectivity index (χ0n) is 15.1. The average molecular weight is 417 g/mol. The first-order chi connectivity index (χ1) is 13.2. The van der Waals surface area contributed by atoms with Crippen molar-refractivity contribution in [3.8, 4) is 0 Å². The summed E-state index contributed by atoms with van der Waals surface area (Å²) in [4.78, 5) is 20.4. The molecule has 0 aliphatic rings. The molecular formula is C19H17ClN4O3S. The molecule has 7 nitrogen and oxygen atoms in total. The van der Waals surface area contributed by atoms with Gasteiger partial charge >= 0.3 is 0 Å². The van der Waals surface area contributed by atoms with Crippen molar-refractivity contribution in [3.63, 3.8) is 0 Å². The summed E-state index contributed by atoms with van der Waals surface area (Å²) in [5.74, 6) is -0.337. The summed E-state index contributed by atoms with van der Waals surface area (Å²) >= 11 is 5.88. The van der Waals surface area contributed by atoms with Crippen LogP contribution in [0.25, 0.3) is 0 Å². The van der Waals surface area contributed by atoms with E-state index in [0.29, 0.717) is 27.7 Å². The highest BCUT2D eigenvalue weighted by Crippen LogP contribution is 2.18. The molecule has 0 fully saturated rings. The van der Waals surface area contributed by atoms with Gasteiger partial charge in [0.1, 0.15) is 0 Å². The van der Waals surface area contributed by atoms with Crippen LogP contribution in [0.1, 0.15) is 21.7 Å². The van der Waals surface area contributed by atoms with Crippen LogP contribution in [0.3, 0.4) is 0 Å². The molecule has 1 amide bonds. The highest BCUT2D eigenvalue weighted by molar-refractivity contribution is 7.92. The SMILES string of the molecule is Cc1cc(C)nc(NS(=O)(=O)c2ccc(NC(=O)c3cccc(Cl)c3)cc2)n1. The summed E-state index contributed by atoms with van der Waals surface area (Å²) in [6, 6.07) is 14.0. The van der Waals surface area contributed by atoms with Crippen molar-refractivity contribution in [2.45, 2.75) is 18.7 Å². The summed E-state index contributed by atoms with van der Waals surface area (Å²) in [5, 5.41) is 3.14. The van der Waals surface area contributed by atoms with Crippen molar-refractivity contribution >= 4 is 39.2 Å². The van der Waals surface area contributed by atoms with E-state index in [4.69, 9.17) is 11.6 Å². The van der Waals surface area contributed by atoms with Crippen LogP contribution in [0, 0.1) is 13.8 Å². The number of amides is 1. The Labute approximate surface area is 167 Å². The number of aryl methyl sites for hydroxylation is 2. The number of hydrogen-bond acceptors (Lipinski definition) is 5. The molecule has 1 aromatic heterocycles. The molecule has 2 N–H and O–H groups in total. The van der Waals surface area contributed by atoms with Gasteiger partial charge in [0.2, 0.25) is 5.95 Å². The van der Waals surface area contributed by atoms with Crippen molar-refractivity contribution in [2.75, 3.05) is 10.0 Å². The van der Waals surface area contributed by atoms with E-state index in [0.717, 1.165) is 0 Å². The molecule has 1 heterocycles. The van der Waals surface area contributed by atoms with Gasteiger partial charge in [0.15, 0.2) is 0 Å². The molecule has 0 bridgehead atoms. The monoisotopic (exact) mass is 416 g/mol. The first-order valence-electron chi connectivity index (χ1n) is 8.25. The summed E-state index contributed by atoms with van der Waals surface area (Å²) in [6.45, 7) is 3.51. The Kier molecular flexibility index (Phi) is 5.62. The van der Waals surface area contributed by atoms with Crippen molar-refractivity contribution in [3.05, 3.63) is 76.6 Å². The first kappa shape index (κ1) is 19.8. The molecule has 0 saturated carbocycles. The van der Waals surface area contributed by atoms with E-state index in [1.807, 2.05) is 0 Å². The van der Waals surface area contributed by atoms with Crippen LogP contribution in [0.4, 0.5) is 11.6 Å². The van der Waals surface area contributed by atoms with Gasteiger partial charge in [-0.15, -0.1) is 0 Å². The molecule has 0 spiro atoms. The number of nitrogens with one attached hydrogen (secondary N) is 2. The normalized spacial score (nSPS) is 11.1. The lowest BCUT2D eigenvalue weighted by molar-refractivity contribution is 0.102. The van der Waals surface area contributed by atoms with Crippen molar-refractivity contribution < 1.29 is 13.2 Å². The molecule has 0 atom stereocenters. The largest absolute Gasteiger partial charge is 0.322 e. The fraction of sp³-hybridized carbons (Fsp3) is 0.105. The van der Waals surface area contributed by atoms with Crippen LogP contribution >= 0.6 is 11.6 Å². The van der Waals surface area contributed by atoms with E-state index in [2.05, 4.69) is 20.0 Å². The van der Waals surface area contributed by atoms with Crippen LogP contribution < -0.4 is 10.0 Å². The smallest absolute Gasteiger partial charge is 0.264 e. The fourth-order valence-electron chi connectivity index (χ4n) is 2.50. The predicted molar refractivity (Wildman–Crippen MR) is 108 cm³/mol. The third-order valence-electron chi connectivity index (χ3n) is 3.72. The molecule has 0 unspecified atom stereocenters. The minimum Gasteiger partial charge on any atom is -0.322 e. The van der Waals surface area contributed by atoms with Crippen LogP contribution in [-0.2, 0) is 10.0 Å². The number of nitrogens with zero attached hydrogens (tertiary/aromatic N) is 2. The Balaban J connectivity index is 1.75. The second kappa shape index (κ2) is 7.95. The lowest BCUT2D eigenvalue weighted by Gasteiger charge is -2.09. The Bertz CT molecular complexity index is 1110. The zero-order valence-corrected chi connectivity index (χ0v) is 16.7. The number of aromatic nitrogens is 2. The average Bonchev–Trinajstić information content (AvgIpc) is 2.61. The van der Waals surface area contributed by atoms with Crippen molar-refractivity contribution in [2.24, 2.45) is 0 Å². The van der Waals surface area contributed by atoms with Gasteiger partial charge in [0.05, 0.1) is 4.90 Å². The maximum absolute atomic E-state index is 12.5. The maximum atomic E-state index is 12.5. The Hall–Kier alpha value is -2.97. The molecule has 0 aliphatic heterocycles. The Morgan fingerprint density at radius 3 is 2.21 bits per heavy atom. The number of carbonyl (C=O) groups excluding carboxylic acids is 1. The van der Waals surface area contributed by atoms with Crippen LogP contribution in [0.5, 0.6) is 0 Å². The van der Waals surface area contributed by atoms with E-state index < -0.39 is 10.0 Å². The Morgan fingerprint density at radius 1 is 0.964 bits per heavy atom. The van der Waals surface area contributed by atoms with Gasteiger partial charge in [0, 0.05) is 27.7 Å². The number of halogens is 1. The first-order valence-corrected chi connectivity index (χ1v) is 10.1. The lowest BCUT2D eigenvalue weighted by atomic mass is 10.2. The predicted octanol–water partition coefficient (Wildman–Crippen LogP) is 3.80. The molecule has 0 aliphatic carbocycles. The highest BCUT2D eigenvalue weighted by Gasteiger charge is 2.16. The summed E-state index contributed by atoms with van der Waals surface area (Å²) in [6.07, 6.45) is 0. The fourth-order valence-corrected chi connectivity index (χ4v) is 3.64. The molecule has 28 heavy (non-hydrogen) atoms. The van der Waals surface area contributed by atoms with Crippen LogP contribution in [-0.4, -0.2) is 24.3 Å². The second-order valence-corrected chi connectivity index (χ2v) is 8.19. The minimum absolute atomic E-state index is 0.0100. The Morgan fingerprint density at radius 2 is 1.61 bits per heavy atom. The van der Waals surface area contributed by atoms with Gasteiger partial charge in [-0.3, -0.25) is 4.79 Å². The molecule has 3 rings (SSSR count). The van der Waals surface area contributed by atoms with E-state index in [1.54, 1.807) is 44.2 Å². The molecule has 2 aromatic carbocycles. The number of benzene rings is 2. The zero-order chi connectivity index (χ0) is 20.3. The molecular weight excluding hydrogens is 400 g/mol. The third kappa shape index (κ3) is 4.85. The van der Waals surface area contributed by atoms with E-state index in [9.17, 15) is 13.2 Å². The van der Waals surface area contributed by atoms with Crippen molar-refractivity contribution in [1.29, 1.82) is 0 Å². The lowest BCUT2D eigenvalue weighted by Crippen LogP contribution is -2.16. The molecule has 9 heteroatoms. The molecule has 0 saturated heterocycles. The van der Waals surface area contributed by atoms with E-state index in [-0.39, 0.29) is 16.8 Å². The molecule has 144 valence electrons. The second-order valence-electron chi connectivity index (χ2n) is 6.07. The van der Waals surface area contributed by atoms with Crippen LogP contribution in [0.15, 0.2) is 59.5 Å². The number of anilines is 2.